The number of hydrogen-bond donors (Lipinski definition) is 0. The van der Waals surface area contributed by atoms with Gasteiger partial charge in [-0.15, -0.1) is 0 Å². The highest BCUT2D eigenvalue weighted by atomic mass is 35.5. The SMILES string of the molecule is CCCCCCCCCCCCOP1Oc2c(Cl)cc(Cl)cc2-c2ccccc21. The topological polar surface area (TPSA) is 18.5 Å². The molecule has 1 heterocycles. The number of halogens is 2. The Kier molecular flexibility index (Phi) is 9.59. The smallest absolute Gasteiger partial charge is 0.265 e. The van der Waals surface area contributed by atoms with E-state index >= 15 is 0 Å². The Morgan fingerprint density at radius 1 is 0.828 bits per heavy atom. The van der Waals surface area contributed by atoms with Crippen molar-refractivity contribution >= 4 is 36.9 Å². The van der Waals surface area contributed by atoms with Crippen LogP contribution in [0.3, 0.4) is 0 Å². The standard InChI is InChI=1S/C24H31Cl2O2P/c1-2-3-4-5-6-7-8-9-10-13-16-27-29-23-15-12-11-14-20(23)21-17-19(25)18-22(26)24(21)28-29/h11-12,14-15,17-18H,2-10,13,16H2,1H3. The van der Waals surface area contributed by atoms with E-state index in [9.17, 15) is 0 Å². The number of hydrogen-bond acceptors (Lipinski definition) is 2. The van der Waals surface area contributed by atoms with Gasteiger partial charge < -0.3 is 9.05 Å². The van der Waals surface area contributed by atoms with Crippen LogP contribution in [0.5, 0.6) is 5.75 Å². The molecule has 0 fully saturated rings. The predicted molar refractivity (Wildman–Crippen MR) is 127 cm³/mol. The Hall–Kier alpha value is -0.790. The molecule has 0 aliphatic carbocycles. The van der Waals surface area contributed by atoms with E-state index in [1.54, 1.807) is 6.07 Å². The van der Waals surface area contributed by atoms with Gasteiger partial charge in [-0.25, -0.2) is 0 Å². The largest absolute Gasteiger partial charge is 0.442 e. The molecule has 0 amide bonds. The second-order valence-corrected chi connectivity index (χ2v) is 9.93. The summed E-state index contributed by atoms with van der Waals surface area (Å²) in [6, 6.07) is 11.9. The van der Waals surface area contributed by atoms with Gasteiger partial charge >= 0.3 is 0 Å². The van der Waals surface area contributed by atoms with Crippen LogP contribution in [0, 0.1) is 0 Å². The van der Waals surface area contributed by atoms with Gasteiger partial charge in [0.1, 0.15) is 0 Å². The summed E-state index contributed by atoms with van der Waals surface area (Å²) in [5.74, 6) is 0.684. The van der Waals surface area contributed by atoms with Crippen LogP contribution in [0.2, 0.25) is 10.0 Å². The van der Waals surface area contributed by atoms with Gasteiger partial charge in [0.2, 0.25) is 0 Å². The van der Waals surface area contributed by atoms with Crippen LogP contribution in [0.25, 0.3) is 11.1 Å². The third-order valence-electron chi connectivity index (χ3n) is 5.28. The molecular weight excluding hydrogens is 422 g/mol. The first-order valence-corrected chi connectivity index (χ1v) is 12.8. The maximum atomic E-state index is 6.40. The summed E-state index contributed by atoms with van der Waals surface area (Å²) in [5.41, 5.74) is 2.05. The number of rotatable bonds is 12. The van der Waals surface area contributed by atoms with Crippen molar-refractivity contribution in [2.75, 3.05) is 6.61 Å². The number of fused-ring (bicyclic) bond motifs is 3. The van der Waals surface area contributed by atoms with E-state index in [1.807, 2.05) is 18.2 Å². The molecule has 0 radical (unpaired) electrons. The van der Waals surface area contributed by atoms with Gasteiger partial charge in [-0.05, 0) is 30.2 Å². The van der Waals surface area contributed by atoms with Gasteiger partial charge in [0.05, 0.1) is 16.9 Å². The van der Waals surface area contributed by atoms with Crippen molar-refractivity contribution in [1.82, 2.24) is 0 Å². The third-order valence-corrected chi connectivity index (χ3v) is 7.33. The van der Waals surface area contributed by atoms with Gasteiger partial charge in [-0.2, -0.15) is 0 Å². The molecule has 1 aliphatic rings. The van der Waals surface area contributed by atoms with Gasteiger partial charge in [-0.3, -0.25) is 0 Å². The average Bonchev–Trinajstić information content (AvgIpc) is 2.72. The zero-order chi connectivity index (χ0) is 20.5. The molecule has 29 heavy (non-hydrogen) atoms. The zero-order valence-electron chi connectivity index (χ0n) is 17.3. The fourth-order valence-corrected chi connectivity index (χ4v) is 5.81. The van der Waals surface area contributed by atoms with Gasteiger partial charge in [0.15, 0.2) is 5.75 Å². The maximum absolute atomic E-state index is 6.40. The lowest BCUT2D eigenvalue weighted by atomic mass is 10.0. The molecule has 2 aromatic carbocycles. The minimum absolute atomic E-state index is 0.539. The summed E-state index contributed by atoms with van der Waals surface area (Å²) in [6.45, 7) is 2.99. The second-order valence-electron chi connectivity index (χ2n) is 7.65. The monoisotopic (exact) mass is 452 g/mol. The van der Waals surface area contributed by atoms with Crippen LogP contribution in [0.4, 0.5) is 0 Å². The molecule has 0 saturated heterocycles. The highest BCUT2D eigenvalue weighted by molar-refractivity contribution is 7.56. The van der Waals surface area contributed by atoms with Crippen LogP contribution in [0.15, 0.2) is 36.4 Å². The van der Waals surface area contributed by atoms with E-state index in [0.717, 1.165) is 29.5 Å². The summed E-state index contributed by atoms with van der Waals surface area (Å²) in [5, 5.41) is 2.25. The van der Waals surface area contributed by atoms with E-state index in [-0.39, 0.29) is 0 Å². The Balaban J connectivity index is 1.44. The Labute approximate surface area is 186 Å². The summed E-state index contributed by atoms with van der Waals surface area (Å²) < 4.78 is 12.4. The van der Waals surface area contributed by atoms with Crippen molar-refractivity contribution in [1.29, 1.82) is 0 Å². The number of benzene rings is 2. The molecule has 158 valence electrons. The molecule has 2 aromatic rings. The van der Waals surface area contributed by atoms with Crippen molar-refractivity contribution in [3.63, 3.8) is 0 Å². The highest BCUT2D eigenvalue weighted by Gasteiger charge is 2.29. The summed E-state index contributed by atoms with van der Waals surface area (Å²) in [7, 11) is -1.16. The highest BCUT2D eigenvalue weighted by Crippen LogP contribution is 2.52. The normalized spacial score (nSPS) is 14.9. The summed E-state index contributed by atoms with van der Waals surface area (Å²) in [6.07, 6.45) is 13.2. The van der Waals surface area contributed by atoms with Crippen LogP contribution < -0.4 is 9.83 Å². The second kappa shape index (κ2) is 12.2. The fraction of sp³-hybridized carbons (Fsp3) is 0.500. The van der Waals surface area contributed by atoms with Crippen LogP contribution >= 0.6 is 31.6 Å². The van der Waals surface area contributed by atoms with Crippen LogP contribution in [-0.2, 0) is 4.52 Å². The van der Waals surface area contributed by atoms with Gasteiger partial charge in [0, 0.05) is 10.6 Å². The minimum Gasteiger partial charge on any atom is -0.442 e. The molecule has 1 aliphatic heterocycles. The van der Waals surface area contributed by atoms with Crippen molar-refractivity contribution < 1.29 is 9.05 Å². The van der Waals surface area contributed by atoms with E-state index < -0.39 is 8.38 Å². The Bertz CT molecular complexity index is 781. The lowest BCUT2D eigenvalue weighted by molar-refractivity contribution is 0.307. The quantitative estimate of drug-likeness (QED) is 0.236. The van der Waals surface area contributed by atoms with Crippen molar-refractivity contribution in [3.8, 4) is 16.9 Å². The van der Waals surface area contributed by atoms with Crippen molar-refractivity contribution in [3.05, 3.63) is 46.4 Å². The van der Waals surface area contributed by atoms with Crippen LogP contribution in [0.1, 0.15) is 71.1 Å². The molecule has 0 N–H and O–H groups in total. The average molecular weight is 453 g/mol. The molecule has 5 heteroatoms. The Morgan fingerprint density at radius 2 is 1.48 bits per heavy atom. The molecule has 1 unspecified atom stereocenters. The van der Waals surface area contributed by atoms with E-state index in [0.29, 0.717) is 15.8 Å². The Morgan fingerprint density at radius 3 is 2.21 bits per heavy atom. The molecule has 1 atom stereocenters. The van der Waals surface area contributed by atoms with Gasteiger partial charge in [-0.1, -0.05) is 106 Å². The predicted octanol–water partition coefficient (Wildman–Crippen LogP) is 8.93. The molecule has 0 spiro atoms. The maximum Gasteiger partial charge on any atom is 0.265 e. The molecule has 3 rings (SSSR count). The first kappa shape index (κ1) is 22.9. The van der Waals surface area contributed by atoms with E-state index in [1.165, 1.54) is 57.8 Å². The summed E-state index contributed by atoms with van der Waals surface area (Å²) >= 11 is 12.6. The van der Waals surface area contributed by atoms with E-state index in [4.69, 9.17) is 32.2 Å². The third kappa shape index (κ3) is 6.59. The molecule has 0 saturated carbocycles. The molecular formula is C24H31Cl2O2P. The molecule has 2 nitrogen and oxygen atoms in total. The first-order valence-electron chi connectivity index (χ1n) is 10.9. The lowest BCUT2D eigenvalue weighted by Gasteiger charge is -2.28. The van der Waals surface area contributed by atoms with Gasteiger partial charge in [0.25, 0.3) is 8.38 Å². The van der Waals surface area contributed by atoms with E-state index in [2.05, 4.69) is 19.1 Å². The molecule has 0 bridgehead atoms. The van der Waals surface area contributed by atoms with Crippen LogP contribution in [-0.4, -0.2) is 6.61 Å². The van der Waals surface area contributed by atoms with Crippen molar-refractivity contribution in [2.24, 2.45) is 0 Å². The molecule has 0 aromatic heterocycles. The minimum atomic E-state index is -1.16. The lowest BCUT2D eigenvalue weighted by Crippen LogP contribution is -2.16. The number of unbranched alkanes of at least 4 members (excludes halogenated alkanes) is 9. The fourth-order valence-electron chi connectivity index (χ4n) is 3.68. The first-order chi connectivity index (χ1) is 14.2. The summed E-state index contributed by atoms with van der Waals surface area (Å²) in [4.78, 5) is 0. The zero-order valence-corrected chi connectivity index (χ0v) is 19.7. The van der Waals surface area contributed by atoms with Crippen molar-refractivity contribution in [2.45, 2.75) is 71.1 Å².